The fourth-order valence-corrected chi connectivity index (χ4v) is 4.71. The molecule has 22 heavy (non-hydrogen) atoms. The predicted octanol–water partition coefficient (Wildman–Crippen LogP) is 1.20. The van der Waals surface area contributed by atoms with Crippen LogP contribution in [0.2, 0.25) is 0 Å². The molecule has 0 aliphatic rings. The largest absolute Gasteiger partial charge is 0.368 e. The lowest BCUT2D eigenvalue weighted by Crippen LogP contribution is -2.64. The van der Waals surface area contributed by atoms with Crippen LogP contribution in [-0.4, -0.2) is 36.6 Å². The number of ketones is 1. The molecule has 0 fully saturated rings. The number of halogens is 1. The Morgan fingerprint density at radius 2 is 1.50 bits per heavy atom. The van der Waals surface area contributed by atoms with Crippen LogP contribution in [0.25, 0.3) is 0 Å². The number of carbonyl (C=O) groups is 2. The zero-order valence-corrected chi connectivity index (χ0v) is 15.4. The van der Waals surface area contributed by atoms with Gasteiger partial charge in [-0.1, -0.05) is 40.5 Å². The number of Topliss-reactive ketones (excluding diaryl/α,β-unsaturated/α-hetero) is 1. The second-order valence-electron chi connectivity index (χ2n) is 5.86. The van der Waals surface area contributed by atoms with Crippen molar-refractivity contribution in [1.82, 2.24) is 0 Å². The Kier molecular flexibility index (Phi) is 10.2. The van der Waals surface area contributed by atoms with Gasteiger partial charge in [0.1, 0.15) is 0 Å². The molecule has 6 nitrogen and oxygen atoms in total. The van der Waals surface area contributed by atoms with Crippen LogP contribution in [-0.2, 0) is 19.4 Å². The minimum atomic E-state index is -3.67. The van der Waals surface area contributed by atoms with Gasteiger partial charge in [-0.05, 0) is 12.8 Å². The van der Waals surface area contributed by atoms with Gasteiger partial charge < -0.3 is 11.5 Å². The first-order chi connectivity index (χ1) is 9.52. The van der Waals surface area contributed by atoms with E-state index >= 15 is 0 Å². The molecule has 0 aliphatic heterocycles. The summed E-state index contributed by atoms with van der Waals surface area (Å²) in [6.07, 6.45) is 2.38. The number of nitrogens with two attached hydrogens (primary N) is 2. The molecule has 0 bridgehead atoms. The fraction of sp³-hybridized carbons (Fsp3) is 0.857. The smallest absolute Gasteiger partial charge is 0.246 e. The number of hydrogen-bond acceptors (Lipinski definition) is 5. The van der Waals surface area contributed by atoms with E-state index < -0.39 is 44.0 Å². The summed E-state index contributed by atoms with van der Waals surface area (Å²) in [6.45, 7) is 6.91. The SMILES string of the molecule is CCCC(CCC)S(=O)(=O)C[C@@](N)(C(N)=O)C(=O)C(C)C.Cl. The maximum atomic E-state index is 12.5. The molecule has 0 unspecified atom stereocenters. The van der Waals surface area contributed by atoms with Gasteiger partial charge in [-0.15, -0.1) is 12.4 Å². The van der Waals surface area contributed by atoms with E-state index in [0.29, 0.717) is 25.7 Å². The van der Waals surface area contributed by atoms with Gasteiger partial charge in [0.2, 0.25) is 5.91 Å². The van der Waals surface area contributed by atoms with Crippen LogP contribution in [0.3, 0.4) is 0 Å². The standard InChI is InChI=1S/C14H28N2O4S.ClH/c1-5-7-11(8-6-2)21(19,20)9-14(16,13(15)18)12(17)10(3)4;/h10-11H,5-9,16H2,1-4H3,(H2,15,18);1H/t14-;/m0./s1. The van der Waals surface area contributed by atoms with Crippen LogP contribution in [0.15, 0.2) is 0 Å². The number of rotatable bonds is 10. The van der Waals surface area contributed by atoms with Crippen molar-refractivity contribution in [1.29, 1.82) is 0 Å². The molecule has 132 valence electrons. The van der Waals surface area contributed by atoms with E-state index in [-0.39, 0.29) is 12.4 Å². The monoisotopic (exact) mass is 356 g/mol. The highest BCUT2D eigenvalue weighted by Gasteiger charge is 2.46. The first-order valence-electron chi connectivity index (χ1n) is 7.37. The Morgan fingerprint density at radius 1 is 1.09 bits per heavy atom. The molecular formula is C14H29ClN2O4S. The highest BCUT2D eigenvalue weighted by atomic mass is 35.5. The summed E-state index contributed by atoms with van der Waals surface area (Å²) in [7, 11) is -3.67. The Labute approximate surface area is 139 Å². The van der Waals surface area contributed by atoms with Crippen molar-refractivity contribution in [2.24, 2.45) is 17.4 Å². The number of hydrogen-bond donors (Lipinski definition) is 2. The molecule has 0 saturated carbocycles. The average Bonchev–Trinajstić information content (AvgIpc) is 2.36. The van der Waals surface area contributed by atoms with Gasteiger partial charge in [0, 0.05) is 5.92 Å². The quantitative estimate of drug-likeness (QED) is 0.570. The summed E-state index contributed by atoms with van der Waals surface area (Å²) in [6, 6.07) is 0. The molecule has 1 atom stereocenters. The molecular weight excluding hydrogens is 328 g/mol. The summed E-state index contributed by atoms with van der Waals surface area (Å²) >= 11 is 0. The Hall–Kier alpha value is -0.660. The van der Waals surface area contributed by atoms with Crippen LogP contribution in [0.1, 0.15) is 53.4 Å². The third-order valence-electron chi connectivity index (χ3n) is 3.56. The van der Waals surface area contributed by atoms with Gasteiger partial charge in [0.15, 0.2) is 21.2 Å². The normalized spacial score (nSPS) is 14.5. The highest BCUT2D eigenvalue weighted by Crippen LogP contribution is 2.21. The van der Waals surface area contributed by atoms with Crippen molar-refractivity contribution in [3.05, 3.63) is 0 Å². The minimum absolute atomic E-state index is 0. The third kappa shape index (κ3) is 5.85. The number of carbonyl (C=O) groups excluding carboxylic acids is 2. The fourth-order valence-electron chi connectivity index (χ4n) is 2.36. The van der Waals surface area contributed by atoms with E-state index in [4.69, 9.17) is 11.5 Å². The zero-order chi connectivity index (χ0) is 16.8. The molecule has 0 aliphatic carbocycles. The first-order valence-corrected chi connectivity index (χ1v) is 9.09. The molecule has 1 amide bonds. The number of sulfone groups is 1. The third-order valence-corrected chi connectivity index (χ3v) is 5.91. The summed E-state index contributed by atoms with van der Waals surface area (Å²) in [5, 5.41) is -0.588. The van der Waals surface area contributed by atoms with Crippen LogP contribution in [0.5, 0.6) is 0 Å². The second-order valence-corrected chi connectivity index (χ2v) is 8.14. The van der Waals surface area contributed by atoms with Gasteiger partial charge in [0.05, 0.1) is 11.0 Å². The lowest BCUT2D eigenvalue weighted by atomic mass is 9.89. The summed E-state index contributed by atoms with van der Waals surface area (Å²) in [5.41, 5.74) is 8.87. The van der Waals surface area contributed by atoms with E-state index in [1.54, 1.807) is 13.8 Å². The van der Waals surface area contributed by atoms with Gasteiger partial charge in [0.25, 0.3) is 0 Å². The van der Waals surface area contributed by atoms with Crippen LogP contribution in [0.4, 0.5) is 0 Å². The topological polar surface area (TPSA) is 120 Å². The van der Waals surface area contributed by atoms with Gasteiger partial charge in [-0.2, -0.15) is 0 Å². The van der Waals surface area contributed by atoms with Crippen LogP contribution >= 0.6 is 12.4 Å². The van der Waals surface area contributed by atoms with Crippen molar-refractivity contribution < 1.29 is 18.0 Å². The minimum Gasteiger partial charge on any atom is -0.368 e. The van der Waals surface area contributed by atoms with Crippen LogP contribution < -0.4 is 11.5 Å². The Bertz CT molecular complexity index is 473. The van der Waals surface area contributed by atoms with Crippen molar-refractivity contribution >= 4 is 33.9 Å². The van der Waals surface area contributed by atoms with E-state index in [1.165, 1.54) is 0 Å². The maximum absolute atomic E-state index is 12.5. The lowest BCUT2D eigenvalue weighted by Gasteiger charge is -2.28. The molecule has 0 saturated heterocycles. The van der Waals surface area contributed by atoms with Crippen molar-refractivity contribution in [2.45, 2.75) is 64.2 Å². The summed E-state index contributed by atoms with van der Waals surface area (Å²) in [5.74, 6) is -2.99. The zero-order valence-electron chi connectivity index (χ0n) is 13.8. The van der Waals surface area contributed by atoms with Gasteiger partial charge in [-0.3, -0.25) is 9.59 Å². The predicted molar refractivity (Wildman–Crippen MR) is 90.6 cm³/mol. The average molecular weight is 357 g/mol. The van der Waals surface area contributed by atoms with Crippen molar-refractivity contribution in [2.75, 3.05) is 5.75 Å². The van der Waals surface area contributed by atoms with Gasteiger partial charge >= 0.3 is 0 Å². The second kappa shape index (κ2) is 9.47. The number of amides is 1. The molecule has 0 spiro atoms. The Balaban J connectivity index is 0. The van der Waals surface area contributed by atoms with E-state index in [1.807, 2.05) is 13.8 Å². The van der Waals surface area contributed by atoms with Crippen molar-refractivity contribution in [3.8, 4) is 0 Å². The summed E-state index contributed by atoms with van der Waals surface area (Å²) in [4.78, 5) is 23.7. The lowest BCUT2D eigenvalue weighted by molar-refractivity contribution is -0.135. The molecule has 0 aromatic heterocycles. The molecule has 0 rings (SSSR count). The van der Waals surface area contributed by atoms with E-state index in [9.17, 15) is 18.0 Å². The van der Waals surface area contributed by atoms with Gasteiger partial charge in [-0.25, -0.2) is 8.42 Å². The molecule has 0 radical (unpaired) electrons. The first kappa shape index (κ1) is 23.6. The molecule has 0 aromatic carbocycles. The highest BCUT2D eigenvalue weighted by molar-refractivity contribution is 7.92. The molecule has 4 N–H and O–H groups in total. The Morgan fingerprint density at radius 3 is 1.77 bits per heavy atom. The van der Waals surface area contributed by atoms with E-state index in [0.717, 1.165) is 0 Å². The molecule has 0 aromatic rings. The maximum Gasteiger partial charge on any atom is 0.246 e. The molecule has 8 heteroatoms. The molecule has 0 heterocycles. The van der Waals surface area contributed by atoms with Crippen molar-refractivity contribution in [3.63, 3.8) is 0 Å². The summed E-state index contributed by atoms with van der Waals surface area (Å²) < 4.78 is 25.0. The van der Waals surface area contributed by atoms with Crippen LogP contribution in [0, 0.1) is 5.92 Å². The number of primary amides is 1. The van der Waals surface area contributed by atoms with E-state index in [2.05, 4.69) is 0 Å².